The van der Waals surface area contributed by atoms with Crippen molar-refractivity contribution in [2.75, 3.05) is 59.2 Å². The average molecular weight is 819 g/mol. The van der Waals surface area contributed by atoms with Gasteiger partial charge in [-0.15, -0.1) is 0 Å². The Kier molecular flexibility index (Phi) is 16.4. The van der Waals surface area contributed by atoms with Crippen LogP contribution in [0.15, 0.2) is 0 Å². The molecule has 0 aromatic carbocycles. The van der Waals surface area contributed by atoms with Gasteiger partial charge in [-0.1, -0.05) is 0 Å². The fraction of sp³-hybridized carbons (Fsp3) is 0.875. The maximum atomic E-state index is 13.1. The Hall–Kier alpha value is 1.24. The number of Topliss-reactive ketones (excluding diaryl/α,β-unsaturated/α-hetero) is 1. The van der Waals surface area contributed by atoms with Crippen LogP contribution >= 0.6 is 76.3 Å². The van der Waals surface area contributed by atoms with Crippen LogP contribution in [0.2, 0.25) is 0 Å². The molecule has 188 valence electrons. The highest BCUT2D eigenvalue weighted by Crippen LogP contribution is 2.60. The van der Waals surface area contributed by atoms with Gasteiger partial charge in [0.05, 0.1) is 52.2 Å². The molecule has 3 unspecified atom stereocenters. The van der Waals surface area contributed by atoms with E-state index in [0.717, 1.165) is 0 Å². The molecule has 0 aliphatic carbocycles. The molecule has 1 rings (SSSR count). The van der Waals surface area contributed by atoms with Gasteiger partial charge in [-0.05, 0) is 6.92 Å². The fourth-order valence-corrected chi connectivity index (χ4v) is 5.50. The Morgan fingerprint density at radius 1 is 1.16 bits per heavy atom. The van der Waals surface area contributed by atoms with Crippen LogP contribution in [0, 0.1) is 5.21 Å². The third-order valence-corrected chi connectivity index (χ3v) is 8.14. The Morgan fingerprint density at radius 3 is 2.44 bits per heavy atom. The lowest BCUT2D eigenvalue weighted by atomic mass is 10.2. The van der Waals surface area contributed by atoms with Crippen LogP contribution in [0.5, 0.6) is 0 Å². The smallest absolute Gasteiger partial charge is 0.531 e. The van der Waals surface area contributed by atoms with Gasteiger partial charge in [0.15, 0.2) is 0 Å². The van der Waals surface area contributed by atoms with E-state index in [4.69, 9.17) is 19.9 Å². The number of rotatable bonds is 19. The van der Waals surface area contributed by atoms with Gasteiger partial charge < -0.3 is 26.7 Å². The summed E-state index contributed by atoms with van der Waals surface area (Å²) < 4.78 is 38.4. The zero-order chi connectivity index (χ0) is 24.0. The summed E-state index contributed by atoms with van der Waals surface area (Å²) in [6.45, 7) is 3.19. The van der Waals surface area contributed by atoms with Crippen LogP contribution in [-0.4, -0.2) is 85.5 Å². The minimum absolute atomic E-state index is 0.0482. The van der Waals surface area contributed by atoms with E-state index in [1.54, 1.807) is 75.5 Å². The molecule has 16 heteroatoms. The molecular formula is C16H29I3N3O9P. The molecule has 1 fully saturated rings. The molecule has 0 bridgehead atoms. The molecule has 0 spiro atoms. The number of ether oxygens (including phenoxy) is 1. The number of hydrogen-bond donors (Lipinski definition) is 2. The Balaban J connectivity index is 2.32. The van der Waals surface area contributed by atoms with Crippen LogP contribution < -0.4 is 10.6 Å². The van der Waals surface area contributed by atoms with Crippen LogP contribution in [-0.2, 0) is 29.3 Å². The first-order valence-electron chi connectivity index (χ1n) is 9.91. The monoisotopic (exact) mass is 819 g/mol. The number of carbonyl (C=O) groups is 2. The van der Waals surface area contributed by atoms with E-state index in [0.29, 0.717) is 19.6 Å². The summed E-state index contributed by atoms with van der Waals surface area (Å²) in [6, 6.07) is 0. The molecule has 1 heterocycles. The first-order valence-corrected chi connectivity index (χ1v) is 14.3. The number of hydrogen-bond acceptors (Lipinski definition) is 10. The molecule has 3 atom stereocenters. The number of ketones is 1. The number of halogens is 3. The van der Waals surface area contributed by atoms with Gasteiger partial charge in [0.2, 0.25) is 0 Å². The highest BCUT2D eigenvalue weighted by atomic mass is 127. The van der Waals surface area contributed by atoms with E-state index in [-0.39, 0.29) is 68.2 Å². The van der Waals surface area contributed by atoms with Gasteiger partial charge >= 0.3 is 7.75 Å². The second-order valence-electron chi connectivity index (χ2n) is 7.03. The number of carbonyl (C=O) groups excluding carboxylic acids is 2. The molecule has 12 nitrogen and oxygen atoms in total. The number of nitrogens with one attached hydrogen (secondary N) is 2. The lowest BCUT2D eigenvalue weighted by Gasteiger charge is -2.50. The molecule has 1 aliphatic heterocycles. The molecule has 1 amide bonds. The van der Waals surface area contributed by atoms with Crippen molar-refractivity contribution in [1.29, 1.82) is 0 Å². The van der Waals surface area contributed by atoms with Crippen LogP contribution in [0.1, 0.15) is 19.8 Å². The summed E-state index contributed by atoms with van der Waals surface area (Å²) in [5.74, 6) is -0.0641. The van der Waals surface area contributed by atoms with E-state index in [1.807, 2.05) is 0 Å². The van der Waals surface area contributed by atoms with Crippen LogP contribution in [0.4, 0.5) is 4.79 Å². The van der Waals surface area contributed by atoms with Crippen molar-refractivity contribution >= 4 is 86.0 Å². The van der Waals surface area contributed by atoms with E-state index in [1.165, 1.54) is 0 Å². The van der Waals surface area contributed by atoms with Gasteiger partial charge in [-0.2, -0.15) is 0 Å². The normalized spacial score (nSPS) is 18.9. The molecule has 0 saturated carbocycles. The highest BCUT2D eigenvalue weighted by Gasteiger charge is 2.49. The molecule has 32 heavy (non-hydrogen) atoms. The first-order chi connectivity index (χ1) is 15.2. The van der Waals surface area contributed by atoms with E-state index in [2.05, 4.69) is 10.6 Å². The summed E-state index contributed by atoms with van der Waals surface area (Å²) in [4.78, 5) is 22.8. The van der Waals surface area contributed by atoms with Crippen molar-refractivity contribution in [1.82, 2.24) is 10.6 Å². The molecule has 2 N–H and O–H groups in total. The van der Waals surface area contributed by atoms with Crippen LogP contribution in [0.25, 0.3) is 0 Å². The standard InChI is InChI=1S/C16H29I3N3O9P/c1-13(27-7-4-21-16(17)24)9-14(23)10-20-3-8-29-32(26,22(25)5-2-6-22)30-12-15(31-19)11-28-18/h13,15,20H,2-12H2,1H3,(H,21,24). The molecule has 0 aromatic heterocycles. The number of hydroxylamine groups is 2. The SMILES string of the molecule is CC(CC(=O)CNCCOP(=O)(OCC(COI)OI)[N+]1([O-])CCC1)OCCNC(=O)I. The Bertz CT molecular complexity index is 631. The topological polar surface area (TPSA) is 144 Å². The third-order valence-electron chi connectivity index (χ3n) is 4.40. The predicted octanol–water partition coefficient (Wildman–Crippen LogP) is 3.05. The lowest BCUT2D eigenvalue weighted by Crippen LogP contribution is -2.51. The summed E-state index contributed by atoms with van der Waals surface area (Å²) >= 11 is 5.04. The first kappa shape index (κ1) is 31.3. The quantitative estimate of drug-likeness (QED) is 0.0499. The van der Waals surface area contributed by atoms with E-state index in [9.17, 15) is 19.4 Å². The minimum atomic E-state index is -3.97. The fourth-order valence-electron chi connectivity index (χ4n) is 2.59. The number of quaternary nitrogens is 1. The molecule has 1 aliphatic rings. The van der Waals surface area contributed by atoms with Gasteiger partial charge in [0.25, 0.3) is 3.91 Å². The van der Waals surface area contributed by atoms with Crippen LogP contribution in [0.3, 0.4) is 0 Å². The number of amides is 1. The maximum Gasteiger partial charge on any atom is 0.531 e. The molecule has 1 saturated heterocycles. The van der Waals surface area contributed by atoms with Crippen molar-refractivity contribution in [3.63, 3.8) is 0 Å². The summed E-state index contributed by atoms with van der Waals surface area (Å²) in [6.07, 6.45) is 0.0945. The highest BCUT2D eigenvalue weighted by molar-refractivity contribution is 14.1. The van der Waals surface area contributed by atoms with Crippen molar-refractivity contribution in [3.8, 4) is 0 Å². The summed E-state index contributed by atoms with van der Waals surface area (Å²) in [5.41, 5.74) is 0. The molecule has 0 radical (unpaired) electrons. The Labute approximate surface area is 229 Å². The zero-order valence-corrected chi connectivity index (χ0v) is 25.0. The largest absolute Gasteiger partial charge is 0.626 e. The van der Waals surface area contributed by atoms with Crippen molar-refractivity contribution in [2.45, 2.75) is 32.0 Å². The molecular weight excluding hydrogens is 790 g/mol. The predicted molar refractivity (Wildman–Crippen MR) is 142 cm³/mol. The van der Waals surface area contributed by atoms with Gasteiger partial charge in [0.1, 0.15) is 57.9 Å². The van der Waals surface area contributed by atoms with Gasteiger partial charge in [-0.3, -0.25) is 23.1 Å². The maximum absolute atomic E-state index is 13.1. The van der Waals surface area contributed by atoms with Crippen molar-refractivity contribution < 1.29 is 38.5 Å². The minimum Gasteiger partial charge on any atom is -0.626 e. The summed E-state index contributed by atoms with van der Waals surface area (Å²) in [5, 5.41) is 18.2. The van der Waals surface area contributed by atoms with E-state index >= 15 is 0 Å². The van der Waals surface area contributed by atoms with Gasteiger partial charge in [0, 0.05) is 48.5 Å². The van der Waals surface area contributed by atoms with Crippen molar-refractivity contribution in [2.24, 2.45) is 0 Å². The average Bonchev–Trinajstić information content (AvgIpc) is 2.72. The second kappa shape index (κ2) is 16.8. The summed E-state index contributed by atoms with van der Waals surface area (Å²) in [7, 11) is -3.97. The lowest BCUT2D eigenvalue weighted by molar-refractivity contribution is -0.815. The molecule has 0 aromatic rings. The zero-order valence-electron chi connectivity index (χ0n) is 17.6. The number of nitrogens with zero attached hydrogens (tertiary/aromatic N) is 1. The van der Waals surface area contributed by atoms with Gasteiger partial charge in [-0.25, -0.2) is 4.57 Å². The van der Waals surface area contributed by atoms with Crippen molar-refractivity contribution in [3.05, 3.63) is 5.21 Å². The van der Waals surface area contributed by atoms with E-state index < -0.39 is 18.3 Å². The second-order valence-corrected chi connectivity index (χ2v) is 11.3. The Morgan fingerprint density at radius 2 is 1.88 bits per heavy atom. The third kappa shape index (κ3) is 11.8.